The van der Waals surface area contributed by atoms with Crippen LogP contribution in [0.5, 0.6) is 0 Å². The fourth-order valence-corrected chi connectivity index (χ4v) is 2.53. The Bertz CT molecular complexity index is 485. The lowest BCUT2D eigenvalue weighted by atomic mass is 10.2. The van der Waals surface area contributed by atoms with E-state index in [1.54, 1.807) is 19.2 Å². The lowest BCUT2D eigenvalue weighted by molar-refractivity contribution is 0.0527. The summed E-state index contributed by atoms with van der Waals surface area (Å²) in [4.78, 5) is 20.9. The fraction of sp³-hybridized carbons (Fsp3) is 0.600. The molecule has 0 radical (unpaired) electrons. The highest BCUT2D eigenvalue weighted by atomic mass is 16.5. The maximum absolute atomic E-state index is 11.9. The van der Waals surface area contributed by atoms with E-state index in [1.165, 1.54) is 6.42 Å². The van der Waals surface area contributed by atoms with E-state index >= 15 is 0 Å². The number of hydrogen-bond donors (Lipinski definition) is 1. The molecule has 0 saturated carbocycles. The highest BCUT2D eigenvalue weighted by Crippen LogP contribution is 2.20. The Balaban J connectivity index is 2.07. The van der Waals surface area contributed by atoms with E-state index < -0.39 is 0 Å². The summed E-state index contributed by atoms with van der Waals surface area (Å²) in [5, 5.41) is 0. The summed E-state index contributed by atoms with van der Waals surface area (Å²) < 4.78 is 5.03. The van der Waals surface area contributed by atoms with E-state index in [0.29, 0.717) is 17.9 Å². The predicted molar refractivity (Wildman–Crippen MR) is 83.5 cm³/mol. The van der Waals surface area contributed by atoms with Crippen molar-refractivity contribution < 1.29 is 9.53 Å². The number of piperazine rings is 1. The van der Waals surface area contributed by atoms with Crippen LogP contribution in [-0.2, 0) is 4.74 Å². The van der Waals surface area contributed by atoms with Crippen LogP contribution in [-0.4, -0.2) is 55.2 Å². The lowest BCUT2D eigenvalue weighted by Crippen LogP contribution is -2.46. The number of aromatic nitrogens is 1. The van der Waals surface area contributed by atoms with Crippen molar-refractivity contribution in [1.29, 1.82) is 0 Å². The summed E-state index contributed by atoms with van der Waals surface area (Å²) in [5.41, 5.74) is 6.59. The highest BCUT2D eigenvalue weighted by molar-refractivity contribution is 5.95. The molecule has 21 heavy (non-hydrogen) atoms. The van der Waals surface area contributed by atoms with E-state index in [2.05, 4.69) is 21.7 Å². The fourth-order valence-electron chi connectivity index (χ4n) is 2.53. The first-order chi connectivity index (χ1) is 10.2. The molecule has 0 atom stereocenters. The molecule has 116 valence electrons. The van der Waals surface area contributed by atoms with Crippen LogP contribution >= 0.6 is 0 Å². The Morgan fingerprint density at radius 3 is 2.67 bits per heavy atom. The van der Waals surface area contributed by atoms with Gasteiger partial charge in [-0.15, -0.1) is 0 Å². The van der Waals surface area contributed by atoms with Crippen LogP contribution in [0.1, 0.15) is 30.6 Å². The number of esters is 1. The Morgan fingerprint density at radius 2 is 2.05 bits per heavy atom. The van der Waals surface area contributed by atoms with E-state index in [0.717, 1.165) is 38.5 Å². The van der Waals surface area contributed by atoms with E-state index in [-0.39, 0.29) is 5.97 Å². The van der Waals surface area contributed by atoms with Gasteiger partial charge in [-0.25, -0.2) is 9.78 Å². The molecular formula is C15H24N4O2. The van der Waals surface area contributed by atoms with Crippen molar-refractivity contribution in [2.24, 2.45) is 0 Å². The molecule has 0 aromatic carbocycles. The SMILES string of the molecule is CCCN1CCN(c2cc(C(=O)OCC)c(N)cn2)CC1. The molecule has 0 amide bonds. The zero-order valence-corrected chi connectivity index (χ0v) is 12.8. The number of pyridine rings is 1. The second-order valence-corrected chi connectivity index (χ2v) is 5.18. The first kappa shape index (κ1) is 15.6. The number of hydrogen-bond acceptors (Lipinski definition) is 6. The van der Waals surface area contributed by atoms with Gasteiger partial charge in [0.2, 0.25) is 0 Å². The van der Waals surface area contributed by atoms with Gasteiger partial charge in [0.05, 0.1) is 24.1 Å². The molecule has 1 aromatic rings. The Hall–Kier alpha value is -1.82. The van der Waals surface area contributed by atoms with Crippen molar-refractivity contribution in [3.05, 3.63) is 17.8 Å². The molecule has 1 aromatic heterocycles. The number of anilines is 2. The topological polar surface area (TPSA) is 71.7 Å². The highest BCUT2D eigenvalue weighted by Gasteiger charge is 2.20. The van der Waals surface area contributed by atoms with Gasteiger partial charge in [-0.2, -0.15) is 0 Å². The van der Waals surface area contributed by atoms with Gasteiger partial charge in [0.1, 0.15) is 5.82 Å². The maximum Gasteiger partial charge on any atom is 0.340 e. The van der Waals surface area contributed by atoms with Crippen molar-refractivity contribution in [3.8, 4) is 0 Å². The number of carbonyl (C=O) groups excluding carboxylic acids is 1. The van der Waals surface area contributed by atoms with Crippen molar-refractivity contribution in [1.82, 2.24) is 9.88 Å². The van der Waals surface area contributed by atoms with Crippen LogP contribution in [0, 0.1) is 0 Å². The number of nitrogen functional groups attached to an aromatic ring is 1. The second-order valence-electron chi connectivity index (χ2n) is 5.18. The van der Waals surface area contributed by atoms with Gasteiger partial charge in [-0.3, -0.25) is 4.90 Å². The van der Waals surface area contributed by atoms with E-state index in [4.69, 9.17) is 10.5 Å². The van der Waals surface area contributed by atoms with Crippen LogP contribution in [0.4, 0.5) is 11.5 Å². The summed E-state index contributed by atoms with van der Waals surface area (Å²) in [7, 11) is 0. The number of rotatable bonds is 5. The Morgan fingerprint density at radius 1 is 1.33 bits per heavy atom. The average molecular weight is 292 g/mol. The third kappa shape index (κ3) is 3.85. The molecule has 1 saturated heterocycles. The minimum atomic E-state index is -0.386. The van der Waals surface area contributed by atoms with Gasteiger partial charge in [0.15, 0.2) is 0 Å². The standard InChI is InChI=1S/C15H24N4O2/c1-3-5-18-6-8-19(9-7-18)14-10-12(13(16)11-17-14)15(20)21-4-2/h10-11H,3-9,16H2,1-2H3. The molecule has 1 fully saturated rings. The average Bonchev–Trinajstić information content (AvgIpc) is 2.49. The van der Waals surface area contributed by atoms with Crippen LogP contribution in [0.3, 0.4) is 0 Å². The number of carbonyl (C=O) groups is 1. The zero-order valence-electron chi connectivity index (χ0n) is 12.8. The first-order valence-corrected chi connectivity index (χ1v) is 7.55. The molecule has 1 aliphatic rings. The van der Waals surface area contributed by atoms with Crippen molar-refractivity contribution in [3.63, 3.8) is 0 Å². The van der Waals surface area contributed by atoms with Crippen LogP contribution in [0.25, 0.3) is 0 Å². The summed E-state index contributed by atoms with van der Waals surface area (Å²) in [6, 6.07) is 1.74. The molecule has 1 aliphatic heterocycles. The van der Waals surface area contributed by atoms with Gasteiger partial charge < -0.3 is 15.4 Å². The molecule has 0 bridgehead atoms. The second kappa shape index (κ2) is 7.26. The monoisotopic (exact) mass is 292 g/mol. The quantitative estimate of drug-likeness (QED) is 0.827. The van der Waals surface area contributed by atoms with Crippen molar-refractivity contribution in [2.45, 2.75) is 20.3 Å². The smallest absolute Gasteiger partial charge is 0.340 e. The van der Waals surface area contributed by atoms with Crippen molar-refractivity contribution in [2.75, 3.05) is 50.0 Å². The minimum absolute atomic E-state index is 0.339. The zero-order chi connectivity index (χ0) is 15.2. The van der Waals surface area contributed by atoms with Gasteiger partial charge in [0, 0.05) is 26.2 Å². The molecular weight excluding hydrogens is 268 g/mol. The number of nitrogens with two attached hydrogens (primary N) is 1. The van der Waals surface area contributed by atoms with Crippen molar-refractivity contribution >= 4 is 17.5 Å². The normalized spacial score (nSPS) is 16.0. The van der Waals surface area contributed by atoms with Crippen LogP contribution < -0.4 is 10.6 Å². The van der Waals surface area contributed by atoms with Gasteiger partial charge in [0.25, 0.3) is 0 Å². The molecule has 6 heteroatoms. The third-order valence-electron chi connectivity index (χ3n) is 3.65. The predicted octanol–water partition coefficient (Wildman–Crippen LogP) is 1.37. The van der Waals surface area contributed by atoms with Gasteiger partial charge in [-0.05, 0) is 26.0 Å². The summed E-state index contributed by atoms with van der Waals surface area (Å²) in [6.07, 6.45) is 2.72. The largest absolute Gasteiger partial charge is 0.462 e. The molecule has 6 nitrogen and oxygen atoms in total. The first-order valence-electron chi connectivity index (χ1n) is 7.55. The molecule has 2 rings (SSSR count). The molecule has 0 spiro atoms. The Kier molecular flexibility index (Phi) is 5.38. The van der Waals surface area contributed by atoms with E-state index in [1.807, 2.05) is 0 Å². The van der Waals surface area contributed by atoms with Crippen LogP contribution in [0.15, 0.2) is 12.3 Å². The summed E-state index contributed by atoms with van der Waals surface area (Å²) in [6.45, 7) is 9.33. The molecule has 2 N–H and O–H groups in total. The molecule has 0 aliphatic carbocycles. The molecule has 0 unspecified atom stereocenters. The number of ether oxygens (including phenoxy) is 1. The summed E-state index contributed by atoms with van der Waals surface area (Å²) >= 11 is 0. The van der Waals surface area contributed by atoms with Gasteiger partial charge in [-0.1, -0.05) is 6.92 Å². The molecule has 2 heterocycles. The number of nitrogens with zero attached hydrogens (tertiary/aromatic N) is 3. The van der Waals surface area contributed by atoms with Gasteiger partial charge >= 0.3 is 5.97 Å². The minimum Gasteiger partial charge on any atom is -0.462 e. The van der Waals surface area contributed by atoms with E-state index in [9.17, 15) is 4.79 Å². The third-order valence-corrected chi connectivity index (χ3v) is 3.65. The Labute approximate surface area is 125 Å². The van der Waals surface area contributed by atoms with Crippen LogP contribution in [0.2, 0.25) is 0 Å². The summed E-state index contributed by atoms with van der Waals surface area (Å²) in [5.74, 6) is 0.409. The lowest BCUT2D eigenvalue weighted by Gasteiger charge is -2.35. The maximum atomic E-state index is 11.9.